The number of anilines is 1. The zero-order valence-electron chi connectivity index (χ0n) is 16.0. The summed E-state index contributed by atoms with van der Waals surface area (Å²) in [5.74, 6) is -0.522. The third-order valence-corrected chi connectivity index (χ3v) is 4.86. The monoisotopic (exact) mass is 394 g/mol. The van der Waals surface area contributed by atoms with Crippen LogP contribution in [0.15, 0.2) is 66.0 Å². The van der Waals surface area contributed by atoms with Crippen molar-refractivity contribution in [2.24, 2.45) is 0 Å². The molecule has 0 radical (unpaired) electrons. The van der Waals surface area contributed by atoms with Crippen molar-refractivity contribution in [1.29, 1.82) is 0 Å². The topological polar surface area (TPSA) is 67.2 Å². The summed E-state index contributed by atoms with van der Waals surface area (Å²) >= 11 is 1.46. The van der Waals surface area contributed by atoms with Crippen LogP contribution in [0.2, 0.25) is 0 Å². The first kappa shape index (κ1) is 19.7. The van der Waals surface area contributed by atoms with E-state index in [-0.39, 0.29) is 18.4 Å². The Morgan fingerprint density at radius 2 is 1.79 bits per heavy atom. The zero-order chi connectivity index (χ0) is 20.1. The van der Waals surface area contributed by atoms with E-state index in [2.05, 4.69) is 10.3 Å². The summed E-state index contributed by atoms with van der Waals surface area (Å²) < 4.78 is 1.81. The third kappa shape index (κ3) is 4.43. The molecule has 3 aromatic rings. The maximum Gasteiger partial charge on any atom is 0.272 e. The Hall–Kier alpha value is -3.06. The highest BCUT2D eigenvalue weighted by molar-refractivity contribution is 7.98. The van der Waals surface area contributed by atoms with Gasteiger partial charge in [0.1, 0.15) is 5.69 Å². The number of carbonyl (C=O) groups is 2. The van der Waals surface area contributed by atoms with Gasteiger partial charge in [-0.05, 0) is 37.4 Å². The van der Waals surface area contributed by atoms with Gasteiger partial charge in [0, 0.05) is 18.4 Å². The number of rotatable bonds is 6. The lowest BCUT2D eigenvalue weighted by molar-refractivity contribution is -0.116. The predicted octanol–water partition coefficient (Wildman–Crippen LogP) is 3.61. The number of nitrogens with zero attached hydrogens (tertiary/aromatic N) is 3. The summed E-state index contributed by atoms with van der Waals surface area (Å²) in [6.07, 6.45) is 3.46. The van der Waals surface area contributed by atoms with E-state index in [1.807, 2.05) is 67.8 Å². The lowest BCUT2D eigenvalue weighted by Gasteiger charge is -2.18. The van der Waals surface area contributed by atoms with Crippen LogP contribution in [0.3, 0.4) is 0 Å². The summed E-state index contributed by atoms with van der Waals surface area (Å²) in [5, 5.41) is 3.52. The number of amides is 2. The van der Waals surface area contributed by atoms with Crippen LogP contribution in [0, 0.1) is 6.92 Å². The Labute approximate surface area is 168 Å². The molecule has 0 aliphatic heterocycles. The van der Waals surface area contributed by atoms with Crippen LogP contribution in [0.4, 0.5) is 5.69 Å². The molecule has 2 amide bonds. The van der Waals surface area contributed by atoms with E-state index in [1.165, 1.54) is 16.7 Å². The van der Waals surface area contributed by atoms with Gasteiger partial charge in [0.15, 0.2) is 5.16 Å². The molecule has 0 fully saturated rings. The van der Waals surface area contributed by atoms with Gasteiger partial charge in [-0.1, -0.05) is 47.7 Å². The molecule has 7 heteroatoms. The van der Waals surface area contributed by atoms with E-state index in [0.717, 1.165) is 11.3 Å². The molecule has 0 unspecified atom stereocenters. The van der Waals surface area contributed by atoms with E-state index in [9.17, 15) is 9.59 Å². The highest BCUT2D eigenvalue weighted by atomic mass is 32.2. The average Bonchev–Trinajstić information content (AvgIpc) is 3.13. The molecule has 0 saturated heterocycles. The normalized spacial score (nSPS) is 10.5. The minimum Gasteiger partial charge on any atom is -0.331 e. The molecule has 1 N–H and O–H groups in total. The van der Waals surface area contributed by atoms with Gasteiger partial charge < -0.3 is 10.2 Å². The fraction of sp³-hybridized carbons (Fsp3) is 0.190. The minimum atomic E-state index is -0.268. The maximum atomic E-state index is 13.0. The summed E-state index contributed by atoms with van der Waals surface area (Å²) in [6, 6.07) is 17.1. The van der Waals surface area contributed by atoms with Crippen molar-refractivity contribution in [2.75, 3.05) is 25.2 Å². The third-order valence-electron chi connectivity index (χ3n) is 4.21. The Morgan fingerprint density at radius 3 is 2.43 bits per heavy atom. The highest BCUT2D eigenvalue weighted by Gasteiger charge is 2.22. The van der Waals surface area contributed by atoms with E-state index in [1.54, 1.807) is 17.8 Å². The van der Waals surface area contributed by atoms with Crippen molar-refractivity contribution < 1.29 is 9.59 Å². The Morgan fingerprint density at radius 1 is 1.11 bits per heavy atom. The number of para-hydroxylation sites is 1. The number of benzene rings is 2. The Balaban J connectivity index is 1.75. The number of nitrogens with one attached hydrogen (secondary N) is 1. The quantitative estimate of drug-likeness (QED) is 0.649. The van der Waals surface area contributed by atoms with Crippen LogP contribution in [0.5, 0.6) is 0 Å². The number of likely N-dealkylation sites (N-methyl/N-ethyl adjacent to an activating group) is 1. The van der Waals surface area contributed by atoms with Crippen molar-refractivity contribution in [1.82, 2.24) is 14.5 Å². The molecule has 6 nitrogen and oxygen atoms in total. The van der Waals surface area contributed by atoms with Gasteiger partial charge in [0.25, 0.3) is 5.91 Å². The molecule has 0 atom stereocenters. The second kappa shape index (κ2) is 8.75. The lowest BCUT2D eigenvalue weighted by atomic mass is 10.2. The average molecular weight is 395 g/mol. The SMILES string of the molecule is CSc1ncc(C(=O)N(C)CC(=O)Nc2ccc(C)cc2)n1-c1ccccc1. The molecule has 3 rings (SSSR count). The molecule has 0 aliphatic rings. The van der Waals surface area contributed by atoms with Crippen LogP contribution >= 0.6 is 11.8 Å². The maximum absolute atomic E-state index is 13.0. The van der Waals surface area contributed by atoms with Crippen molar-refractivity contribution in [2.45, 2.75) is 12.1 Å². The van der Waals surface area contributed by atoms with Crippen molar-refractivity contribution in [3.8, 4) is 5.69 Å². The van der Waals surface area contributed by atoms with E-state index >= 15 is 0 Å². The van der Waals surface area contributed by atoms with E-state index in [4.69, 9.17) is 0 Å². The van der Waals surface area contributed by atoms with Crippen molar-refractivity contribution >= 4 is 29.3 Å². The Kier molecular flexibility index (Phi) is 6.16. The summed E-state index contributed by atoms with van der Waals surface area (Å²) in [6.45, 7) is 1.93. The zero-order valence-corrected chi connectivity index (χ0v) is 16.9. The summed E-state index contributed by atoms with van der Waals surface area (Å²) in [5.41, 5.74) is 3.09. The molecule has 0 saturated carbocycles. The highest BCUT2D eigenvalue weighted by Crippen LogP contribution is 2.22. The number of aryl methyl sites for hydroxylation is 1. The summed E-state index contributed by atoms with van der Waals surface area (Å²) in [4.78, 5) is 31.0. The van der Waals surface area contributed by atoms with Crippen LogP contribution < -0.4 is 5.32 Å². The van der Waals surface area contributed by atoms with Crippen LogP contribution in [0.1, 0.15) is 16.1 Å². The second-order valence-electron chi connectivity index (χ2n) is 6.38. The van der Waals surface area contributed by atoms with Crippen LogP contribution in [-0.4, -0.2) is 46.1 Å². The van der Waals surface area contributed by atoms with Crippen LogP contribution in [-0.2, 0) is 4.79 Å². The van der Waals surface area contributed by atoms with E-state index < -0.39 is 0 Å². The molecule has 144 valence electrons. The van der Waals surface area contributed by atoms with Gasteiger partial charge >= 0.3 is 0 Å². The largest absolute Gasteiger partial charge is 0.331 e. The number of aromatic nitrogens is 2. The smallest absolute Gasteiger partial charge is 0.272 e. The molecule has 0 spiro atoms. The fourth-order valence-electron chi connectivity index (χ4n) is 2.78. The van der Waals surface area contributed by atoms with Gasteiger partial charge in [-0.2, -0.15) is 0 Å². The molecule has 0 bridgehead atoms. The van der Waals surface area contributed by atoms with Gasteiger partial charge in [0.05, 0.1) is 12.7 Å². The standard InChI is InChI=1S/C21H22N4O2S/c1-15-9-11-16(12-10-15)23-19(26)14-24(2)20(27)18-13-22-21(28-3)25(18)17-7-5-4-6-8-17/h4-13H,14H2,1-3H3,(H,23,26). The molecule has 1 aromatic heterocycles. The lowest BCUT2D eigenvalue weighted by Crippen LogP contribution is -2.35. The van der Waals surface area contributed by atoms with Crippen molar-refractivity contribution in [3.05, 3.63) is 72.1 Å². The number of carbonyl (C=O) groups excluding carboxylic acids is 2. The second-order valence-corrected chi connectivity index (χ2v) is 7.15. The number of hydrogen-bond acceptors (Lipinski definition) is 4. The minimum absolute atomic E-state index is 0.0543. The molecule has 0 aliphatic carbocycles. The Bertz CT molecular complexity index is 968. The molecule has 28 heavy (non-hydrogen) atoms. The number of imidazole rings is 1. The van der Waals surface area contributed by atoms with Gasteiger partial charge in [-0.15, -0.1) is 0 Å². The first-order valence-electron chi connectivity index (χ1n) is 8.78. The molecule has 1 heterocycles. The van der Waals surface area contributed by atoms with E-state index in [0.29, 0.717) is 16.5 Å². The first-order chi connectivity index (χ1) is 13.5. The van der Waals surface area contributed by atoms with Gasteiger partial charge in [-0.3, -0.25) is 14.2 Å². The predicted molar refractivity (Wildman–Crippen MR) is 112 cm³/mol. The van der Waals surface area contributed by atoms with Gasteiger partial charge in [0.2, 0.25) is 5.91 Å². The molecular weight excluding hydrogens is 372 g/mol. The summed E-state index contributed by atoms with van der Waals surface area (Å²) in [7, 11) is 1.61. The molecular formula is C21H22N4O2S. The van der Waals surface area contributed by atoms with Crippen LogP contribution in [0.25, 0.3) is 5.69 Å². The van der Waals surface area contributed by atoms with Gasteiger partial charge in [-0.25, -0.2) is 4.98 Å². The number of thioether (sulfide) groups is 1. The number of hydrogen-bond donors (Lipinski definition) is 1. The van der Waals surface area contributed by atoms with Crippen molar-refractivity contribution in [3.63, 3.8) is 0 Å². The fourth-order valence-corrected chi connectivity index (χ4v) is 3.32. The first-order valence-corrected chi connectivity index (χ1v) is 10.0. The molecule has 2 aromatic carbocycles.